The molecular formula is C15H17BrN2O2. The van der Waals surface area contributed by atoms with Crippen molar-refractivity contribution in [2.75, 3.05) is 13.2 Å². The molecule has 2 aromatic rings. The van der Waals surface area contributed by atoms with E-state index in [-0.39, 0.29) is 6.10 Å². The molecule has 20 heavy (non-hydrogen) atoms. The third kappa shape index (κ3) is 2.95. The summed E-state index contributed by atoms with van der Waals surface area (Å²) in [6.07, 6.45) is 1.72. The molecule has 1 aromatic carbocycles. The van der Waals surface area contributed by atoms with E-state index >= 15 is 0 Å². The van der Waals surface area contributed by atoms with Gasteiger partial charge in [0.1, 0.15) is 6.26 Å². The van der Waals surface area contributed by atoms with Crippen LogP contribution in [0.15, 0.2) is 45.6 Å². The zero-order valence-electron chi connectivity index (χ0n) is 11.3. The van der Waals surface area contributed by atoms with Crippen LogP contribution < -0.4 is 0 Å². The molecule has 0 bridgehead atoms. The summed E-state index contributed by atoms with van der Waals surface area (Å²) in [6, 6.07) is 10.6. The molecule has 0 saturated carbocycles. The molecule has 2 heterocycles. The van der Waals surface area contributed by atoms with Crippen molar-refractivity contribution in [3.05, 3.63) is 52.3 Å². The van der Waals surface area contributed by atoms with Gasteiger partial charge in [-0.2, -0.15) is 0 Å². The van der Waals surface area contributed by atoms with Gasteiger partial charge in [-0.15, -0.1) is 0 Å². The van der Waals surface area contributed by atoms with Crippen molar-refractivity contribution < 1.29 is 9.26 Å². The summed E-state index contributed by atoms with van der Waals surface area (Å²) in [5.41, 5.74) is 2.18. The number of ether oxygens (including phenoxy) is 1. The number of nitrogens with zero attached hydrogens (tertiary/aromatic N) is 2. The van der Waals surface area contributed by atoms with Gasteiger partial charge in [0.25, 0.3) is 0 Å². The second-order valence-corrected chi connectivity index (χ2v) is 5.96. The van der Waals surface area contributed by atoms with Gasteiger partial charge in [-0.05, 0) is 24.6 Å². The fourth-order valence-electron chi connectivity index (χ4n) is 2.61. The zero-order valence-corrected chi connectivity index (χ0v) is 12.9. The molecule has 5 heteroatoms. The van der Waals surface area contributed by atoms with E-state index in [2.05, 4.69) is 57.2 Å². The minimum atomic E-state index is 0.101. The van der Waals surface area contributed by atoms with Gasteiger partial charge in [-0.1, -0.05) is 33.2 Å². The minimum Gasteiger partial charge on any atom is -0.371 e. The highest BCUT2D eigenvalue weighted by atomic mass is 79.9. The van der Waals surface area contributed by atoms with Crippen LogP contribution in [0, 0.1) is 0 Å². The molecule has 0 amide bonds. The lowest BCUT2D eigenvalue weighted by Gasteiger charge is -2.39. The lowest BCUT2D eigenvalue weighted by Crippen LogP contribution is -2.44. The van der Waals surface area contributed by atoms with Crippen LogP contribution in [0.4, 0.5) is 0 Å². The molecule has 2 atom stereocenters. The standard InChI is InChI=1S/C15H17BrN2O2/c1-11-15(12-2-4-13(16)5-3-12)19-9-7-18(11)10-14-6-8-20-17-14/h2-6,8,11,15H,7,9-10H2,1H3/t11-,15-/m1/s1. The summed E-state index contributed by atoms with van der Waals surface area (Å²) in [4.78, 5) is 2.38. The third-order valence-corrected chi connectivity index (χ3v) is 4.27. The summed E-state index contributed by atoms with van der Waals surface area (Å²) in [5, 5.41) is 3.99. The molecule has 0 unspecified atom stereocenters. The average molecular weight is 337 g/mol. The van der Waals surface area contributed by atoms with E-state index in [1.807, 2.05) is 6.07 Å². The highest BCUT2D eigenvalue weighted by molar-refractivity contribution is 9.10. The molecule has 106 valence electrons. The number of hydrogen-bond acceptors (Lipinski definition) is 4. The van der Waals surface area contributed by atoms with Crippen molar-refractivity contribution >= 4 is 15.9 Å². The Kier molecular flexibility index (Phi) is 4.19. The van der Waals surface area contributed by atoms with Crippen molar-refractivity contribution in [1.29, 1.82) is 0 Å². The van der Waals surface area contributed by atoms with E-state index in [0.29, 0.717) is 6.04 Å². The molecule has 1 saturated heterocycles. The second-order valence-electron chi connectivity index (χ2n) is 5.04. The van der Waals surface area contributed by atoms with Crippen molar-refractivity contribution in [2.24, 2.45) is 0 Å². The van der Waals surface area contributed by atoms with Gasteiger partial charge in [0.2, 0.25) is 0 Å². The monoisotopic (exact) mass is 336 g/mol. The van der Waals surface area contributed by atoms with E-state index in [0.717, 1.165) is 29.9 Å². The Hall–Kier alpha value is -1.17. The molecule has 0 spiro atoms. The summed E-state index contributed by atoms with van der Waals surface area (Å²) in [5.74, 6) is 0. The highest BCUT2D eigenvalue weighted by Crippen LogP contribution is 2.29. The lowest BCUT2D eigenvalue weighted by molar-refractivity contribution is -0.0708. The molecule has 1 aliphatic rings. The number of morpholine rings is 1. The fraction of sp³-hybridized carbons (Fsp3) is 0.400. The minimum absolute atomic E-state index is 0.101. The van der Waals surface area contributed by atoms with E-state index in [4.69, 9.17) is 9.26 Å². The number of rotatable bonds is 3. The largest absolute Gasteiger partial charge is 0.371 e. The maximum atomic E-state index is 5.96. The number of aromatic nitrogens is 1. The van der Waals surface area contributed by atoms with Crippen molar-refractivity contribution in [2.45, 2.75) is 25.6 Å². The fourth-order valence-corrected chi connectivity index (χ4v) is 2.87. The van der Waals surface area contributed by atoms with E-state index in [1.54, 1.807) is 6.26 Å². The maximum Gasteiger partial charge on any atom is 0.124 e. The summed E-state index contributed by atoms with van der Waals surface area (Å²) >= 11 is 3.47. The van der Waals surface area contributed by atoms with Crippen LogP contribution in [-0.4, -0.2) is 29.3 Å². The topological polar surface area (TPSA) is 38.5 Å². The predicted molar refractivity (Wildman–Crippen MR) is 79.2 cm³/mol. The summed E-state index contributed by atoms with van der Waals surface area (Å²) in [7, 11) is 0. The average Bonchev–Trinajstić information content (AvgIpc) is 2.95. The second kappa shape index (κ2) is 6.08. The summed E-state index contributed by atoms with van der Waals surface area (Å²) < 4.78 is 12.0. The Morgan fingerprint density at radius 2 is 2.10 bits per heavy atom. The van der Waals surface area contributed by atoms with Crippen molar-refractivity contribution in [3.63, 3.8) is 0 Å². The normalized spacial score (nSPS) is 23.9. The first-order valence-electron chi connectivity index (χ1n) is 6.74. The molecule has 0 N–H and O–H groups in total. The number of benzene rings is 1. The van der Waals surface area contributed by atoms with Gasteiger partial charge in [-0.3, -0.25) is 4.90 Å². The highest BCUT2D eigenvalue weighted by Gasteiger charge is 2.30. The van der Waals surface area contributed by atoms with Crippen LogP contribution in [0.1, 0.15) is 24.3 Å². The lowest BCUT2D eigenvalue weighted by atomic mass is 10.0. The Bertz CT molecular complexity index is 542. The smallest absolute Gasteiger partial charge is 0.124 e. The van der Waals surface area contributed by atoms with Crippen LogP contribution in [0.2, 0.25) is 0 Å². The van der Waals surface area contributed by atoms with Crippen LogP contribution in [0.5, 0.6) is 0 Å². The SMILES string of the molecule is C[C@@H]1[C@H](c2ccc(Br)cc2)OCCN1Cc1ccon1. The molecule has 1 fully saturated rings. The maximum absolute atomic E-state index is 5.96. The first kappa shape index (κ1) is 13.8. The Morgan fingerprint density at radius 1 is 1.30 bits per heavy atom. The number of halogens is 1. The molecule has 3 rings (SSSR count). The van der Waals surface area contributed by atoms with E-state index in [1.165, 1.54) is 5.56 Å². The Balaban J connectivity index is 1.74. The molecule has 1 aliphatic heterocycles. The first-order chi connectivity index (χ1) is 9.74. The molecular weight excluding hydrogens is 320 g/mol. The zero-order chi connectivity index (χ0) is 13.9. The summed E-state index contributed by atoms with van der Waals surface area (Å²) in [6.45, 7) is 4.66. The predicted octanol–water partition coefficient (Wildman–Crippen LogP) is 3.40. The van der Waals surface area contributed by atoms with Gasteiger partial charge < -0.3 is 9.26 Å². The van der Waals surface area contributed by atoms with Gasteiger partial charge in [0, 0.05) is 29.7 Å². The van der Waals surface area contributed by atoms with E-state index in [9.17, 15) is 0 Å². The van der Waals surface area contributed by atoms with Crippen molar-refractivity contribution in [1.82, 2.24) is 10.1 Å². The number of hydrogen-bond donors (Lipinski definition) is 0. The van der Waals surface area contributed by atoms with E-state index < -0.39 is 0 Å². The molecule has 0 radical (unpaired) electrons. The Labute approximate surface area is 126 Å². The molecule has 1 aromatic heterocycles. The van der Waals surface area contributed by atoms with Crippen molar-refractivity contribution in [3.8, 4) is 0 Å². The van der Waals surface area contributed by atoms with Gasteiger partial charge >= 0.3 is 0 Å². The quantitative estimate of drug-likeness (QED) is 0.861. The molecule has 0 aliphatic carbocycles. The third-order valence-electron chi connectivity index (χ3n) is 3.74. The van der Waals surface area contributed by atoms with Gasteiger partial charge in [0.15, 0.2) is 0 Å². The van der Waals surface area contributed by atoms with Gasteiger partial charge in [0.05, 0.1) is 18.4 Å². The van der Waals surface area contributed by atoms with Crippen LogP contribution in [-0.2, 0) is 11.3 Å². The Morgan fingerprint density at radius 3 is 2.80 bits per heavy atom. The molecule has 4 nitrogen and oxygen atoms in total. The van der Waals surface area contributed by atoms with Gasteiger partial charge in [-0.25, -0.2) is 0 Å². The first-order valence-corrected chi connectivity index (χ1v) is 7.54. The van der Waals surface area contributed by atoms with Crippen LogP contribution in [0.3, 0.4) is 0 Å². The van der Waals surface area contributed by atoms with Crippen LogP contribution >= 0.6 is 15.9 Å². The van der Waals surface area contributed by atoms with Crippen LogP contribution in [0.25, 0.3) is 0 Å².